The zero-order valence-corrected chi connectivity index (χ0v) is 11.1. The molecule has 0 aliphatic carbocycles. The predicted octanol–water partition coefficient (Wildman–Crippen LogP) is 1.78. The first-order valence-electron chi connectivity index (χ1n) is 5.80. The quantitative estimate of drug-likeness (QED) is 0.631. The fraction of sp³-hybridized carbons (Fsp3) is 0.333. The van der Waals surface area contributed by atoms with Crippen molar-refractivity contribution >= 4 is 23.4 Å². The molecule has 0 aromatic heterocycles. The zero-order chi connectivity index (χ0) is 15.3. The van der Waals surface area contributed by atoms with E-state index in [1.54, 1.807) is 0 Å². The molecule has 0 saturated carbocycles. The Morgan fingerprint density at radius 1 is 1.40 bits per heavy atom. The minimum atomic E-state index is -0.986. The van der Waals surface area contributed by atoms with Crippen LogP contribution in [-0.2, 0) is 4.79 Å². The molecule has 0 bridgehead atoms. The van der Waals surface area contributed by atoms with Crippen LogP contribution < -0.4 is 5.32 Å². The van der Waals surface area contributed by atoms with Gasteiger partial charge in [-0.2, -0.15) is 0 Å². The number of carboxylic acids is 1. The third-order valence-corrected chi connectivity index (χ3v) is 2.65. The fourth-order valence-corrected chi connectivity index (χ4v) is 1.46. The maximum absolute atomic E-state index is 11.8. The Hall–Kier alpha value is -2.64. The van der Waals surface area contributed by atoms with Crippen LogP contribution in [0.3, 0.4) is 0 Å². The monoisotopic (exact) mass is 281 g/mol. The minimum Gasteiger partial charge on any atom is -0.481 e. The van der Waals surface area contributed by atoms with Crippen molar-refractivity contribution < 1.29 is 19.6 Å². The molecule has 0 saturated heterocycles. The maximum atomic E-state index is 11.8. The van der Waals surface area contributed by atoms with E-state index in [0.29, 0.717) is 5.69 Å². The van der Waals surface area contributed by atoms with Crippen molar-refractivity contribution in [2.24, 2.45) is 5.92 Å². The first-order valence-corrected chi connectivity index (χ1v) is 5.80. The number of rotatable bonds is 5. The van der Waals surface area contributed by atoms with Crippen LogP contribution in [0.5, 0.6) is 0 Å². The van der Waals surface area contributed by atoms with Crippen LogP contribution in [0.15, 0.2) is 24.3 Å². The molecule has 1 unspecified atom stereocenters. The van der Waals surface area contributed by atoms with Crippen LogP contribution in [0.2, 0.25) is 0 Å². The van der Waals surface area contributed by atoms with Gasteiger partial charge in [0.15, 0.2) is 0 Å². The van der Waals surface area contributed by atoms with Crippen LogP contribution in [0, 0.1) is 16.0 Å². The number of nitrogens with zero attached hydrogens (tertiary/aromatic N) is 2. The number of anilines is 1. The van der Waals surface area contributed by atoms with E-state index in [1.807, 2.05) is 0 Å². The van der Waals surface area contributed by atoms with E-state index in [1.165, 1.54) is 43.1 Å². The summed E-state index contributed by atoms with van der Waals surface area (Å²) in [6.45, 7) is 1.56. The van der Waals surface area contributed by atoms with Crippen molar-refractivity contribution in [2.45, 2.75) is 6.92 Å². The Bertz CT molecular complexity index is 514. The summed E-state index contributed by atoms with van der Waals surface area (Å²) >= 11 is 0. The average Bonchev–Trinajstić information content (AvgIpc) is 2.38. The maximum Gasteiger partial charge on any atom is 0.321 e. The number of nitro groups is 1. The standard InChI is InChI=1S/C12H15N3O5/c1-8(11(16)17)7-14(2)12(18)13-9-3-5-10(6-4-9)15(19)20/h3-6,8H,7H2,1-2H3,(H,13,18)(H,16,17). The highest BCUT2D eigenvalue weighted by Crippen LogP contribution is 2.15. The smallest absolute Gasteiger partial charge is 0.321 e. The molecular formula is C12H15N3O5. The molecule has 1 atom stereocenters. The number of amides is 2. The van der Waals surface area contributed by atoms with Gasteiger partial charge in [-0.25, -0.2) is 4.79 Å². The number of hydrogen-bond acceptors (Lipinski definition) is 4. The Labute approximate surface area is 115 Å². The summed E-state index contributed by atoms with van der Waals surface area (Å²) in [5.74, 6) is -1.66. The molecule has 1 aromatic carbocycles. The highest BCUT2D eigenvalue weighted by molar-refractivity contribution is 5.89. The lowest BCUT2D eigenvalue weighted by molar-refractivity contribution is -0.384. The number of carbonyl (C=O) groups excluding carboxylic acids is 1. The molecule has 0 spiro atoms. The Morgan fingerprint density at radius 2 is 1.95 bits per heavy atom. The third kappa shape index (κ3) is 4.23. The molecule has 8 heteroatoms. The second-order valence-corrected chi connectivity index (χ2v) is 4.35. The van der Waals surface area contributed by atoms with Crippen molar-refractivity contribution in [1.29, 1.82) is 0 Å². The molecule has 0 heterocycles. The van der Waals surface area contributed by atoms with E-state index in [0.717, 1.165) is 0 Å². The van der Waals surface area contributed by atoms with Gasteiger partial charge >= 0.3 is 12.0 Å². The molecule has 1 aromatic rings. The molecule has 2 amide bonds. The predicted molar refractivity (Wildman–Crippen MR) is 71.5 cm³/mol. The zero-order valence-electron chi connectivity index (χ0n) is 11.1. The van der Waals surface area contributed by atoms with Crippen LogP contribution >= 0.6 is 0 Å². The minimum absolute atomic E-state index is 0.0636. The molecular weight excluding hydrogens is 266 g/mol. The number of benzene rings is 1. The van der Waals surface area contributed by atoms with Gasteiger partial charge in [-0.05, 0) is 12.1 Å². The van der Waals surface area contributed by atoms with E-state index >= 15 is 0 Å². The normalized spacial score (nSPS) is 11.5. The van der Waals surface area contributed by atoms with Gasteiger partial charge in [-0.15, -0.1) is 0 Å². The van der Waals surface area contributed by atoms with Crippen LogP contribution in [0.4, 0.5) is 16.2 Å². The number of aliphatic carboxylic acids is 1. The number of hydrogen-bond donors (Lipinski definition) is 2. The summed E-state index contributed by atoms with van der Waals surface area (Å²) in [6.07, 6.45) is 0. The van der Waals surface area contributed by atoms with Gasteiger partial charge < -0.3 is 15.3 Å². The molecule has 20 heavy (non-hydrogen) atoms. The van der Waals surface area contributed by atoms with Crippen molar-refractivity contribution in [3.8, 4) is 0 Å². The van der Waals surface area contributed by atoms with Crippen LogP contribution in [-0.4, -0.2) is 40.5 Å². The molecule has 8 nitrogen and oxygen atoms in total. The lowest BCUT2D eigenvalue weighted by Crippen LogP contribution is -2.36. The van der Waals surface area contributed by atoms with Gasteiger partial charge in [0.05, 0.1) is 10.8 Å². The van der Waals surface area contributed by atoms with Gasteiger partial charge in [0.1, 0.15) is 0 Å². The van der Waals surface area contributed by atoms with E-state index in [4.69, 9.17) is 5.11 Å². The second kappa shape index (κ2) is 6.50. The fourth-order valence-electron chi connectivity index (χ4n) is 1.46. The van der Waals surface area contributed by atoms with E-state index in [9.17, 15) is 19.7 Å². The summed E-state index contributed by atoms with van der Waals surface area (Å²) in [5, 5.41) is 21.8. The summed E-state index contributed by atoms with van der Waals surface area (Å²) in [5.41, 5.74) is 0.325. The molecule has 1 rings (SSSR count). The number of urea groups is 1. The molecule has 2 N–H and O–H groups in total. The average molecular weight is 281 g/mol. The molecule has 108 valence electrons. The number of carboxylic acid groups (broad SMARTS) is 1. The molecule has 0 aliphatic heterocycles. The molecule has 0 radical (unpaired) electrons. The van der Waals surface area contributed by atoms with Crippen LogP contribution in [0.25, 0.3) is 0 Å². The highest BCUT2D eigenvalue weighted by atomic mass is 16.6. The largest absolute Gasteiger partial charge is 0.481 e. The first kappa shape index (κ1) is 15.4. The topological polar surface area (TPSA) is 113 Å². The summed E-state index contributed by atoms with van der Waals surface area (Å²) < 4.78 is 0. The van der Waals surface area contributed by atoms with Gasteiger partial charge in [0.2, 0.25) is 0 Å². The van der Waals surface area contributed by atoms with Crippen molar-refractivity contribution in [3.63, 3.8) is 0 Å². The van der Waals surface area contributed by atoms with Gasteiger partial charge in [0, 0.05) is 31.4 Å². The number of nitrogens with one attached hydrogen (secondary N) is 1. The van der Waals surface area contributed by atoms with E-state index in [2.05, 4.69) is 5.32 Å². The Balaban J connectivity index is 2.61. The number of non-ortho nitro benzene ring substituents is 1. The van der Waals surface area contributed by atoms with Crippen molar-refractivity contribution in [3.05, 3.63) is 34.4 Å². The van der Waals surface area contributed by atoms with Gasteiger partial charge in [-0.3, -0.25) is 14.9 Å². The lowest BCUT2D eigenvalue weighted by atomic mass is 10.2. The van der Waals surface area contributed by atoms with Gasteiger partial charge in [-0.1, -0.05) is 6.92 Å². The van der Waals surface area contributed by atoms with Crippen molar-refractivity contribution in [2.75, 3.05) is 18.9 Å². The first-order chi connectivity index (χ1) is 9.31. The molecule has 0 fully saturated rings. The molecule has 0 aliphatic rings. The third-order valence-electron chi connectivity index (χ3n) is 2.65. The summed E-state index contributed by atoms with van der Waals surface area (Å²) in [6, 6.07) is 4.88. The SMILES string of the molecule is CC(CN(C)C(=O)Nc1ccc([N+](=O)[O-])cc1)C(=O)O. The summed E-state index contributed by atoms with van der Waals surface area (Å²) in [7, 11) is 1.47. The number of nitro benzene ring substituents is 1. The highest BCUT2D eigenvalue weighted by Gasteiger charge is 2.17. The van der Waals surface area contributed by atoms with E-state index in [-0.39, 0.29) is 12.2 Å². The number of carbonyl (C=O) groups is 2. The van der Waals surface area contributed by atoms with Crippen LogP contribution in [0.1, 0.15) is 6.92 Å². The van der Waals surface area contributed by atoms with E-state index < -0.39 is 22.8 Å². The summed E-state index contributed by atoms with van der Waals surface area (Å²) in [4.78, 5) is 33.7. The Kier molecular flexibility index (Phi) is 5.01. The van der Waals surface area contributed by atoms with Crippen molar-refractivity contribution in [1.82, 2.24) is 4.90 Å². The lowest BCUT2D eigenvalue weighted by Gasteiger charge is -2.19. The second-order valence-electron chi connectivity index (χ2n) is 4.35. The van der Waals surface area contributed by atoms with Gasteiger partial charge in [0.25, 0.3) is 5.69 Å². The Morgan fingerprint density at radius 3 is 2.40 bits per heavy atom.